The van der Waals surface area contributed by atoms with Gasteiger partial charge in [0.1, 0.15) is 0 Å². The van der Waals surface area contributed by atoms with Gasteiger partial charge in [0.15, 0.2) is 0 Å². The predicted molar refractivity (Wildman–Crippen MR) is 75.1 cm³/mol. The molecule has 0 bridgehead atoms. The highest BCUT2D eigenvalue weighted by Crippen LogP contribution is 2.24. The van der Waals surface area contributed by atoms with Crippen molar-refractivity contribution < 1.29 is 9.53 Å². The molecule has 0 saturated carbocycles. The van der Waals surface area contributed by atoms with Crippen LogP contribution in [0.15, 0.2) is 22.7 Å². The molecule has 2 rings (SSSR count). The number of amides is 1. The lowest BCUT2D eigenvalue weighted by molar-refractivity contribution is -0.00284. The maximum absolute atomic E-state index is 12.5. The molecule has 5 heteroatoms. The molecule has 1 fully saturated rings. The van der Waals surface area contributed by atoms with Crippen LogP contribution in [-0.2, 0) is 4.74 Å². The fraction of sp³-hybridized carbons (Fsp3) is 0.462. The van der Waals surface area contributed by atoms with Crippen LogP contribution in [0.4, 0.5) is 0 Å². The number of carbonyl (C=O) groups is 1. The van der Waals surface area contributed by atoms with Crippen LogP contribution in [-0.4, -0.2) is 36.6 Å². The van der Waals surface area contributed by atoms with Crippen LogP contribution in [0.2, 0.25) is 5.02 Å². The van der Waals surface area contributed by atoms with E-state index < -0.39 is 0 Å². The SMILES string of the molecule is CCC1COCCN1C(=O)c1cc(Cl)ccc1Br. The van der Waals surface area contributed by atoms with Crippen molar-refractivity contribution in [3.8, 4) is 0 Å². The van der Waals surface area contributed by atoms with Crippen LogP contribution in [0.5, 0.6) is 0 Å². The molecule has 1 unspecified atom stereocenters. The van der Waals surface area contributed by atoms with Crippen molar-refractivity contribution in [2.45, 2.75) is 19.4 Å². The molecular formula is C13H15BrClNO2. The van der Waals surface area contributed by atoms with Gasteiger partial charge in [0.2, 0.25) is 0 Å². The molecule has 0 aliphatic carbocycles. The van der Waals surface area contributed by atoms with Crippen LogP contribution in [0, 0.1) is 0 Å². The quantitative estimate of drug-likeness (QED) is 0.831. The fourth-order valence-corrected chi connectivity index (χ4v) is 2.66. The number of ether oxygens (including phenoxy) is 1. The summed E-state index contributed by atoms with van der Waals surface area (Å²) in [5.41, 5.74) is 0.614. The summed E-state index contributed by atoms with van der Waals surface area (Å²) >= 11 is 9.36. The van der Waals surface area contributed by atoms with E-state index in [4.69, 9.17) is 16.3 Å². The van der Waals surface area contributed by atoms with Crippen LogP contribution < -0.4 is 0 Å². The second kappa shape index (κ2) is 6.04. The van der Waals surface area contributed by atoms with Crippen molar-refractivity contribution in [3.63, 3.8) is 0 Å². The molecule has 98 valence electrons. The van der Waals surface area contributed by atoms with Gasteiger partial charge >= 0.3 is 0 Å². The Balaban J connectivity index is 2.26. The fourth-order valence-electron chi connectivity index (χ4n) is 2.08. The number of carbonyl (C=O) groups excluding carboxylic acids is 1. The zero-order chi connectivity index (χ0) is 13.1. The van der Waals surface area contributed by atoms with E-state index in [2.05, 4.69) is 22.9 Å². The van der Waals surface area contributed by atoms with Gasteiger partial charge in [0.05, 0.1) is 24.8 Å². The number of hydrogen-bond acceptors (Lipinski definition) is 2. The number of halogens is 2. The Hall–Kier alpha value is -0.580. The smallest absolute Gasteiger partial charge is 0.255 e. The molecule has 1 amide bonds. The van der Waals surface area contributed by atoms with Gasteiger partial charge in [0, 0.05) is 16.0 Å². The number of benzene rings is 1. The molecule has 18 heavy (non-hydrogen) atoms. The average molecular weight is 333 g/mol. The highest BCUT2D eigenvalue weighted by Gasteiger charge is 2.27. The third-order valence-corrected chi connectivity index (χ3v) is 4.05. The van der Waals surface area contributed by atoms with E-state index >= 15 is 0 Å². The van der Waals surface area contributed by atoms with Crippen molar-refractivity contribution in [1.82, 2.24) is 4.90 Å². The van der Waals surface area contributed by atoms with E-state index in [9.17, 15) is 4.79 Å². The first-order chi connectivity index (χ1) is 8.63. The van der Waals surface area contributed by atoms with E-state index in [0.29, 0.717) is 30.3 Å². The van der Waals surface area contributed by atoms with Gasteiger partial charge in [0.25, 0.3) is 5.91 Å². The lowest BCUT2D eigenvalue weighted by atomic mass is 10.1. The molecule has 1 aliphatic heterocycles. The monoisotopic (exact) mass is 331 g/mol. The molecule has 0 spiro atoms. The summed E-state index contributed by atoms with van der Waals surface area (Å²) in [4.78, 5) is 14.4. The van der Waals surface area contributed by atoms with Gasteiger partial charge in [-0.05, 0) is 40.5 Å². The second-order valence-electron chi connectivity index (χ2n) is 4.26. The molecule has 1 aromatic carbocycles. The van der Waals surface area contributed by atoms with Crippen LogP contribution >= 0.6 is 27.5 Å². The highest BCUT2D eigenvalue weighted by molar-refractivity contribution is 9.10. The molecular weight excluding hydrogens is 318 g/mol. The zero-order valence-electron chi connectivity index (χ0n) is 10.2. The Morgan fingerprint density at radius 3 is 3.11 bits per heavy atom. The minimum absolute atomic E-state index is 0.0134. The normalized spacial score (nSPS) is 19.9. The molecule has 1 heterocycles. The molecule has 1 atom stereocenters. The predicted octanol–water partition coefficient (Wildman–Crippen LogP) is 3.35. The third-order valence-electron chi connectivity index (χ3n) is 3.12. The van der Waals surface area contributed by atoms with E-state index in [1.165, 1.54) is 0 Å². The topological polar surface area (TPSA) is 29.5 Å². The summed E-state index contributed by atoms with van der Waals surface area (Å²) in [5.74, 6) is 0.0134. The third kappa shape index (κ3) is 2.87. The van der Waals surface area contributed by atoms with Crippen molar-refractivity contribution in [2.24, 2.45) is 0 Å². The lowest BCUT2D eigenvalue weighted by Gasteiger charge is -2.35. The summed E-state index contributed by atoms with van der Waals surface area (Å²) in [6.45, 7) is 3.91. The Bertz CT molecular complexity index is 453. The van der Waals surface area contributed by atoms with Gasteiger partial charge in [-0.15, -0.1) is 0 Å². The minimum atomic E-state index is 0.0134. The van der Waals surface area contributed by atoms with Gasteiger partial charge in [-0.2, -0.15) is 0 Å². The second-order valence-corrected chi connectivity index (χ2v) is 5.55. The summed E-state index contributed by atoms with van der Waals surface area (Å²) in [6.07, 6.45) is 0.893. The maximum Gasteiger partial charge on any atom is 0.255 e. The highest BCUT2D eigenvalue weighted by atomic mass is 79.9. The Morgan fingerprint density at radius 1 is 1.61 bits per heavy atom. The van der Waals surface area contributed by atoms with E-state index in [1.54, 1.807) is 18.2 Å². The summed E-state index contributed by atoms with van der Waals surface area (Å²) in [7, 11) is 0. The number of hydrogen-bond donors (Lipinski definition) is 0. The molecule has 0 aromatic heterocycles. The van der Waals surface area contributed by atoms with Gasteiger partial charge in [-0.3, -0.25) is 4.79 Å². The largest absolute Gasteiger partial charge is 0.377 e. The van der Waals surface area contributed by atoms with Crippen molar-refractivity contribution in [1.29, 1.82) is 0 Å². The first kappa shape index (κ1) is 13.8. The molecule has 0 radical (unpaired) electrons. The Labute approximate surface area is 120 Å². The maximum atomic E-state index is 12.5. The van der Waals surface area contributed by atoms with Gasteiger partial charge in [-0.25, -0.2) is 0 Å². The van der Waals surface area contributed by atoms with Crippen molar-refractivity contribution >= 4 is 33.4 Å². The standard InChI is InChI=1S/C13H15BrClNO2/c1-2-10-8-18-6-5-16(10)13(17)11-7-9(15)3-4-12(11)14/h3-4,7,10H,2,5-6,8H2,1H3. The number of nitrogens with zero attached hydrogens (tertiary/aromatic N) is 1. The summed E-state index contributed by atoms with van der Waals surface area (Å²) in [5, 5.41) is 0.572. The Kier molecular flexibility index (Phi) is 4.65. The van der Waals surface area contributed by atoms with E-state index in [-0.39, 0.29) is 11.9 Å². The average Bonchev–Trinajstić information content (AvgIpc) is 2.40. The van der Waals surface area contributed by atoms with E-state index in [1.807, 2.05) is 4.90 Å². The van der Waals surface area contributed by atoms with Crippen molar-refractivity contribution in [3.05, 3.63) is 33.3 Å². The molecule has 3 nitrogen and oxygen atoms in total. The van der Waals surface area contributed by atoms with Crippen LogP contribution in [0.3, 0.4) is 0 Å². The summed E-state index contributed by atoms with van der Waals surface area (Å²) in [6, 6.07) is 5.42. The summed E-state index contributed by atoms with van der Waals surface area (Å²) < 4.78 is 6.19. The molecule has 1 aromatic rings. The number of rotatable bonds is 2. The molecule has 0 N–H and O–H groups in total. The van der Waals surface area contributed by atoms with Crippen LogP contribution in [0.1, 0.15) is 23.7 Å². The first-order valence-electron chi connectivity index (χ1n) is 5.97. The van der Waals surface area contributed by atoms with Gasteiger partial charge in [-0.1, -0.05) is 18.5 Å². The minimum Gasteiger partial charge on any atom is -0.377 e. The lowest BCUT2D eigenvalue weighted by Crippen LogP contribution is -2.48. The van der Waals surface area contributed by atoms with Gasteiger partial charge < -0.3 is 9.64 Å². The van der Waals surface area contributed by atoms with Crippen molar-refractivity contribution in [2.75, 3.05) is 19.8 Å². The Morgan fingerprint density at radius 2 is 2.39 bits per heavy atom. The zero-order valence-corrected chi connectivity index (χ0v) is 12.5. The molecule has 1 saturated heterocycles. The first-order valence-corrected chi connectivity index (χ1v) is 7.14. The van der Waals surface area contributed by atoms with Crippen LogP contribution in [0.25, 0.3) is 0 Å². The van der Waals surface area contributed by atoms with E-state index in [0.717, 1.165) is 10.9 Å². The number of morpholine rings is 1. The molecule has 1 aliphatic rings.